The van der Waals surface area contributed by atoms with E-state index >= 15 is 0 Å². The Balaban J connectivity index is 2.60. The molecule has 1 aliphatic carbocycles. The maximum absolute atomic E-state index is 3.91. The van der Waals surface area contributed by atoms with Crippen LogP contribution < -0.4 is 0 Å². The van der Waals surface area contributed by atoms with Crippen molar-refractivity contribution in [3.05, 3.63) is 12.7 Å². The molecule has 0 aromatic carbocycles. The van der Waals surface area contributed by atoms with Crippen molar-refractivity contribution in [3.63, 3.8) is 0 Å². The number of hydrogen-bond acceptors (Lipinski definition) is 0. The van der Waals surface area contributed by atoms with Crippen LogP contribution >= 0.6 is 0 Å². The quantitative estimate of drug-likeness (QED) is 0.543. The standard InChI is InChI=1S/C12H22/c1-5-11-7-6-8-12(4,9-11)10(2)3/h5,10-11H,1,6-9H2,2-4H3. The van der Waals surface area contributed by atoms with E-state index in [0.29, 0.717) is 5.41 Å². The van der Waals surface area contributed by atoms with Gasteiger partial charge in [-0.3, -0.25) is 0 Å². The summed E-state index contributed by atoms with van der Waals surface area (Å²) in [7, 11) is 0. The minimum Gasteiger partial charge on any atom is -0.103 e. The Morgan fingerprint density at radius 3 is 2.67 bits per heavy atom. The van der Waals surface area contributed by atoms with Crippen LogP contribution in [0.4, 0.5) is 0 Å². The average molecular weight is 166 g/mol. The normalized spacial score (nSPS) is 36.8. The highest BCUT2D eigenvalue weighted by Gasteiger charge is 2.33. The largest absolute Gasteiger partial charge is 0.103 e. The van der Waals surface area contributed by atoms with E-state index in [9.17, 15) is 0 Å². The molecule has 0 nitrogen and oxygen atoms in total. The van der Waals surface area contributed by atoms with E-state index in [-0.39, 0.29) is 0 Å². The molecular weight excluding hydrogens is 144 g/mol. The van der Waals surface area contributed by atoms with Crippen LogP contribution in [0.5, 0.6) is 0 Å². The lowest BCUT2D eigenvalue weighted by molar-refractivity contribution is 0.118. The lowest BCUT2D eigenvalue weighted by Gasteiger charge is -2.40. The smallest absolute Gasteiger partial charge is 0.0231 e. The summed E-state index contributed by atoms with van der Waals surface area (Å²) in [6, 6.07) is 0. The van der Waals surface area contributed by atoms with Gasteiger partial charge in [0.2, 0.25) is 0 Å². The summed E-state index contributed by atoms with van der Waals surface area (Å²) in [6.07, 6.45) is 7.68. The molecule has 0 N–H and O–H groups in total. The molecule has 0 aromatic rings. The van der Waals surface area contributed by atoms with Gasteiger partial charge in [-0.1, -0.05) is 33.3 Å². The van der Waals surface area contributed by atoms with Gasteiger partial charge in [0.05, 0.1) is 0 Å². The van der Waals surface area contributed by atoms with Gasteiger partial charge in [-0.15, -0.1) is 6.58 Å². The molecule has 12 heavy (non-hydrogen) atoms. The Bertz CT molecular complexity index is 157. The molecule has 0 heteroatoms. The third kappa shape index (κ3) is 1.91. The predicted octanol–water partition coefficient (Wildman–Crippen LogP) is 4.02. The van der Waals surface area contributed by atoms with E-state index in [1.54, 1.807) is 0 Å². The first-order valence-electron chi connectivity index (χ1n) is 5.21. The van der Waals surface area contributed by atoms with Crippen LogP contribution in [0, 0.1) is 17.3 Å². The molecule has 0 saturated heterocycles. The topological polar surface area (TPSA) is 0 Å². The highest BCUT2D eigenvalue weighted by atomic mass is 14.4. The Morgan fingerprint density at radius 1 is 1.50 bits per heavy atom. The molecular formula is C12H22. The van der Waals surface area contributed by atoms with Crippen molar-refractivity contribution in [2.75, 3.05) is 0 Å². The van der Waals surface area contributed by atoms with Crippen LogP contribution in [0.15, 0.2) is 12.7 Å². The van der Waals surface area contributed by atoms with Crippen molar-refractivity contribution in [1.82, 2.24) is 0 Å². The van der Waals surface area contributed by atoms with Gasteiger partial charge in [0.15, 0.2) is 0 Å². The second kappa shape index (κ2) is 3.64. The summed E-state index contributed by atoms with van der Waals surface area (Å²) in [5, 5.41) is 0. The van der Waals surface area contributed by atoms with Crippen molar-refractivity contribution >= 4 is 0 Å². The Labute approximate surface area is 77.1 Å². The number of hydrogen-bond donors (Lipinski definition) is 0. The zero-order valence-corrected chi connectivity index (χ0v) is 8.77. The second-order valence-electron chi connectivity index (χ2n) is 4.90. The maximum Gasteiger partial charge on any atom is -0.0231 e. The van der Waals surface area contributed by atoms with Crippen LogP contribution in [0.25, 0.3) is 0 Å². The molecule has 1 saturated carbocycles. The zero-order chi connectivity index (χ0) is 9.19. The minimum absolute atomic E-state index is 0.580. The highest BCUT2D eigenvalue weighted by Crippen LogP contribution is 2.44. The van der Waals surface area contributed by atoms with Gasteiger partial charge >= 0.3 is 0 Å². The van der Waals surface area contributed by atoms with Crippen LogP contribution in [0.3, 0.4) is 0 Å². The van der Waals surface area contributed by atoms with Gasteiger partial charge in [0.1, 0.15) is 0 Å². The molecule has 0 aromatic heterocycles. The van der Waals surface area contributed by atoms with Gasteiger partial charge in [0, 0.05) is 0 Å². The number of allylic oxidation sites excluding steroid dienone is 1. The first-order valence-corrected chi connectivity index (χ1v) is 5.21. The molecule has 0 amide bonds. The zero-order valence-electron chi connectivity index (χ0n) is 8.77. The summed E-state index contributed by atoms with van der Waals surface area (Å²) in [5.74, 6) is 1.60. The maximum atomic E-state index is 3.91. The molecule has 0 heterocycles. The summed E-state index contributed by atoms with van der Waals surface area (Å²) >= 11 is 0. The van der Waals surface area contributed by atoms with Crippen molar-refractivity contribution in [3.8, 4) is 0 Å². The minimum atomic E-state index is 0.580. The van der Waals surface area contributed by atoms with E-state index < -0.39 is 0 Å². The lowest BCUT2D eigenvalue weighted by atomic mass is 9.65. The fourth-order valence-corrected chi connectivity index (χ4v) is 2.30. The molecule has 70 valence electrons. The SMILES string of the molecule is C=CC1CCCC(C)(C(C)C)C1. The highest BCUT2D eigenvalue weighted by molar-refractivity contribution is 4.91. The summed E-state index contributed by atoms with van der Waals surface area (Å²) in [6.45, 7) is 11.1. The van der Waals surface area contributed by atoms with Crippen LogP contribution in [-0.2, 0) is 0 Å². The summed E-state index contributed by atoms with van der Waals surface area (Å²) in [5.41, 5.74) is 0.580. The second-order valence-corrected chi connectivity index (χ2v) is 4.90. The van der Waals surface area contributed by atoms with Gasteiger partial charge < -0.3 is 0 Å². The fourth-order valence-electron chi connectivity index (χ4n) is 2.30. The van der Waals surface area contributed by atoms with Crippen molar-refractivity contribution in [1.29, 1.82) is 0 Å². The molecule has 2 unspecified atom stereocenters. The monoisotopic (exact) mass is 166 g/mol. The molecule has 2 atom stereocenters. The predicted molar refractivity (Wildman–Crippen MR) is 55.1 cm³/mol. The fraction of sp³-hybridized carbons (Fsp3) is 0.833. The molecule has 0 aliphatic heterocycles. The van der Waals surface area contributed by atoms with E-state index in [1.807, 2.05) is 0 Å². The average Bonchev–Trinajstić information content (AvgIpc) is 2.04. The Hall–Kier alpha value is -0.260. The number of rotatable bonds is 2. The summed E-state index contributed by atoms with van der Waals surface area (Å²) in [4.78, 5) is 0. The van der Waals surface area contributed by atoms with Crippen molar-refractivity contribution in [2.24, 2.45) is 17.3 Å². The third-order valence-electron chi connectivity index (χ3n) is 3.78. The van der Waals surface area contributed by atoms with E-state index in [1.165, 1.54) is 25.7 Å². The molecule has 0 spiro atoms. The van der Waals surface area contributed by atoms with Gasteiger partial charge in [-0.05, 0) is 36.5 Å². The molecule has 0 bridgehead atoms. The molecule has 0 radical (unpaired) electrons. The van der Waals surface area contributed by atoms with Crippen LogP contribution in [-0.4, -0.2) is 0 Å². The van der Waals surface area contributed by atoms with Crippen LogP contribution in [0.2, 0.25) is 0 Å². The summed E-state index contributed by atoms with van der Waals surface area (Å²) < 4.78 is 0. The first kappa shape index (κ1) is 9.83. The van der Waals surface area contributed by atoms with E-state index in [2.05, 4.69) is 33.4 Å². The Kier molecular flexibility index (Phi) is 2.98. The van der Waals surface area contributed by atoms with Gasteiger partial charge in [-0.25, -0.2) is 0 Å². The molecule has 1 aliphatic rings. The van der Waals surface area contributed by atoms with E-state index in [0.717, 1.165) is 11.8 Å². The van der Waals surface area contributed by atoms with Gasteiger partial charge in [-0.2, -0.15) is 0 Å². The third-order valence-corrected chi connectivity index (χ3v) is 3.78. The molecule has 1 fully saturated rings. The Morgan fingerprint density at radius 2 is 2.17 bits per heavy atom. The first-order chi connectivity index (χ1) is 5.58. The lowest BCUT2D eigenvalue weighted by Crippen LogP contribution is -2.29. The molecule has 1 rings (SSSR count). The van der Waals surface area contributed by atoms with Crippen molar-refractivity contribution in [2.45, 2.75) is 46.5 Å². The van der Waals surface area contributed by atoms with Crippen molar-refractivity contribution < 1.29 is 0 Å². The van der Waals surface area contributed by atoms with Gasteiger partial charge in [0.25, 0.3) is 0 Å². The van der Waals surface area contributed by atoms with Crippen LogP contribution in [0.1, 0.15) is 46.5 Å². The van der Waals surface area contributed by atoms with E-state index in [4.69, 9.17) is 0 Å².